The average molecular weight is 322 g/mol. The molecule has 2 aromatic rings. The van der Waals surface area contributed by atoms with Crippen LogP contribution in [0.25, 0.3) is 0 Å². The smallest absolute Gasteiger partial charge is 0.258 e. The summed E-state index contributed by atoms with van der Waals surface area (Å²) in [6.45, 7) is 1.64. The number of aryl methyl sites for hydroxylation is 1. The Morgan fingerprint density at radius 3 is 2.68 bits per heavy atom. The number of carbonyl (C=O) groups is 1. The molecule has 0 aliphatic rings. The van der Waals surface area contributed by atoms with Gasteiger partial charge >= 0.3 is 0 Å². The number of para-hydroxylation sites is 1. The van der Waals surface area contributed by atoms with Crippen molar-refractivity contribution in [1.29, 1.82) is 0 Å². The van der Waals surface area contributed by atoms with Crippen LogP contribution in [0.1, 0.15) is 21.5 Å². The fourth-order valence-corrected chi connectivity index (χ4v) is 2.26. The third-order valence-corrected chi connectivity index (χ3v) is 3.45. The average Bonchev–Trinajstić information content (AvgIpc) is 2.42. The van der Waals surface area contributed by atoms with Gasteiger partial charge in [-0.1, -0.05) is 46.3 Å². The van der Waals surface area contributed by atoms with Crippen molar-refractivity contribution < 1.29 is 9.18 Å². The molecule has 1 amide bonds. The van der Waals surface area contributed by atoms with Crippen molar-refractivity contribution in [3.63, 3.8) is 0 Å². The predicted octanol–water partition coefficient (Wildman–Crippen LogP) is 4.28. The topological polar surface area (TPSA) is 29.1 Å². The highest BCUT2D eigenvalue weighted by Gasteiger charge is 2.14. The lowest BCUT2D eigenvalue weighted by Crippen LogP contribution is -2.15. The van der Waals surface area contributed by atoms with Crippen molar-refractivity contribution in [2.24, 2.45) is 0 Å². The van der Waals surface area contributed by atoms with Gasteiger partial charge in [-0.25, -0.2) is 4.39 Å². The van der Waals surface area contributed by atoms with Gasteiger partial charge in [0.25, 0.3) is 5.91 Å². The lowest BCUT2D eigenvalue weighted by molar-refractivity contribution is 0.102. The molecule has 0 heterocycles. The first-order valence-electron chi connectivity index (χ1n) is 5.84. The normalized spacial score (nSPS) is 10.3. The number of hydrogen-bond acceptors (Lipinski definition) is 1. The van der Waals surface area contributed by atoms with Gasteiger partial charge in [-0.2, -0.15) is 0 Å². The Hall–Kier alpha value is -1.68. The second-order valence-electron chi connectivity index (χ2n) is 4.18. The molecule has 0 bridgehead atoms. The van der Waals surface area contributed by atoms with E-state index in [1.807, 2.05) is 18.2 Å². The van der Waals surface area contributed by atoms with Gasteiger partial charge in [-0.3, -0.25) is 4.79 Å². The van der Waals surface area contributed by atoms with Crippen LogP contribution in [0.2, 0.25) is 0 Å². The van der Waals surface area contributed by atoms with Crippen LogP contribution in [-0.2, 0) is 5.33 Å². The summed E-state index contributed by atoms with van der Waals surface area (Å²) in [5, 5.41) is 3.36. The Balaban J connectivity index is 2.28. The zero-order chi connectivity index (χ0) is 13.8. The van der Waals surface area contributed by atoms with Crippen LogP contribution in [0.4, 0.5) is 10.1 Å². The summed E-state index contributed by atoms with van der Waals surface area (Å²) in [6, 6.07) is 12.2. The number of halogens is 2. The van der Waals surface area contributed by atoms with E-state index in [9.17, 15) is 9.18 Å². The zero-order valence-electron chi connectivity index (χ0n) is 10.4. The van der Waals surface area contributed by atoms with E-state index in [-0.39, 0.29) is 5.56 Å². The molecule has 0 unspecified atom stereocenters. The molecule has 1 N–H and O–H groups in total. The van der Waals surface area contributed by atoms with E-state index in [1.165, 1.54) is 6.07 Å². The standard InChI is InChI=1S/C15H13BrFNO/c1-10-5-4-7-12(14(10)17)15(19)18-13-8-3-2-6-11(13)9-16/h2-8H,9H2,1H3,(H,18,19). The number of rotatable bonds is 3. The quantitative estimate of drug-likeness (QED) is 0.840. The first-order valence-corrected chi connectivity index (χ1v) is 6.96. The highest BCUT2D eigenvalue weighted by molar-refractivity contribution is 9.08. The van der Waals surface area contributed by atoms with E-state index in [2.05, 4.69) is 21.2 Å². The van der Waals surface area contributed by atoms with Crippen molar-refractivity contribution in [1.82, 2.24) is 0 Å². The third kappa shape index (κ3) is 3.01. The number of hydrogen-bond donors (Lipinski definition) is 1. The van der Waals surface area contributed by atoms with Crippen LogP contribution in [0.3, 0.4) is 0 Å². The van der Waals surface area contributed by atoms with Crippen LogP contribution in [0.15, 0.2) is 42.5 Å². The molecule has 0 saturated carbocycles. The molecule has 0 atom stereocenters. The first kappa shape index (κ1) is 13.7. The van der Waals surface area contributed by atoms with Crippen molar-refractivity contribution in [2.45, 2.75) is 12.3 Å². The van der Waals surface area contributed by atoms with Crippen LogP contribution in [0, 0.1) is 12.7 Å². The number of amides is 1. The Morgan fingerprint density at radius 2 is 1.95 bits per heavy atom. The summed E-state index contributed by atoms with van der Waals surface area (Å²) in [4.78, 5) is 12.1. The summed E-state index contributed by atoms with van der Waals surface area (Å²) in [5.41, 5.74) is 2.15. The maximum atomic E-state index is 13.9. The molecule has 0 spiro atoms. The van der Waals surface area contributed by atoms with Crippen molar-refractivity contribution in [2.75, 3.05) is 5.32 Å². The molecule has 2 rings (SSSR count). The van der Waals surface area contributed by atoms with Crippen molar-refractivity contribution >= 4 is 27.5 Å². The first-order chi connectivity index (χ1) is 9.13. The second kappa shape index (κ2) is 5.97. The number of carbonyl (C=O) groups excluding carboxylic acids is 1. The molecule has 2 nitrogen and oxygen atoms in total. The van der Waals surface area contributed by atoms with Crippen LogP contribution in [-0.4, -0.2) is 5.91 Å². The highest BCUT2D eigenvalue weighted by atomic mass is 79.9. The monoisotopic (exact) mass is 321 g/mol. The van der Waals surface area contributed by atoms with Crippen molar-refractivity contribution in [3.8, 4) is 0 Å². The SMILES string of the molecule is Cc1cccc(C(=O)Nc2ccccc2CBr)c1F. The van der Waals surface area contributed by atoms with Gasteiger partial charge in [0.2, 0.25) is 0 Å². The largest absolute Gasteiger partial charge is 0.322 e. The second-order valence-corrected chi connectivity index (χ2v) is 4.74. The lowest BCUT2D eigenvalue weighted by atomic mass is 10.1. The minimum Gasteiger partial charge on any atom is -0.322 e. The van der Waals surface area contributed by atoms with E-state index in [0.717, 1.165) is 5.56 Å². The molecular formula is C15H13BrFNO. The summed E-state index contributed by atoms with van der Waals surface area (Å²) in [6.07, 6.45) is 0. The molecule has 19 heavy (non-hydrogen) atoms. The number of benzene rings is 2. The third-order valence-electron chi connectivity index (χ3n) is 2.85. The summed E-state index contributed by atoms with van der Waals surface area (Å²) < 4.78 is 13.9. The minimum absolute atomic E-state index is 0.0596. The minimum atomic E-state index is -0.476. The fraction of sp³-hybridized carbons (Fsp3) is 0.133. The molecule has 98 valence electrons. The van der Waals surface area contributed by atoms with Gasteiger partial charge in [0.05, 0.1) is 5.56 Å². The molecule has 2 aromatic carbocycles. The van der Waals surface area contributed by atoms with Gasteiger partial charge < -0.3 is 5.32 Å². The van der Waals surface area contributed by atoms with Gasteiger partial charge in [0.1, 0.15) is 5.82 Å². The van der Waals surface area contributed by atoms with Crippen molar-refractivity contribution in [3.05, 3.63) is 65.0 Å². The van der Waals surface area contributed by atoms with E-state index in [0.29, 0.717) is 16.6 Å². The Morgan fingerprint density at radius 1 is 1.21 bits per heavy atom. The van der Waals surface area contributed by atoms with Gasteiger partial charge in [0, 0.05) is 11.0 Å². The maximum absolute atomic E-state index is 13.9. The zero-order valence-corrected chi connectivity index (χ0v) is 12.0. The summed E-state index contributed by atoms with van der Waals surface area (Å²) in [5.74, 6) is -0.911. The molecule has 0 saturated heterocycles. The van der Waals surface area contributed by atoms with E-state index >= 15 is 0 Å². The summed E-state index contributed by atoms with van der Waals surface area (Å²) >= 11 is 3.36. The van der Waals surface area contributed by atoms with E-state index in [1.54, 1.807) is 25.1 Å². The summed E-state index contributed by atoms with van der Waals surface area (Å²) in [7, 11) is 0. The molecule has 4 heteroatoms. The molecule has 0 aliphatic heterocycles. The predicted molar refractivity (Wildman–Crippen MR) is 78.2 cm³/mol. The fourth-order valence-electron chi connectivity index (χ4n) is 1.77. The highest BCUT2D eigenvalue weighted by Crippen LogP contribution is 2.20. The van der Waals surface area contributed by atoms with Gasteiger partial charge in [-0.05, 0) is 30.2 Å². The van der Waals surface area contributed by atoms with Crippen LogP contribution >= 0.6 is 15.9 Å². The Labute approximate surface area is 119 Å². The molecule has 0 aliphatic carbocycles. The maximum Gasteiger partial charge on any atom is 0.258 e. The molecule has 0 aromatic heterocycles. The lowest BCUT2D eigenvalue weighted by Gasteiger charge is -2.10. The van der Waals surface area contributed by atoms with Gasteiger partial charge in [-0.15, -0.1) is 0 Å². The van der Waals surface area contributed by atoms with Crippen LogP contribution in [0.5, 0.6) is 0 Å². The Bertz CT molecular complexity index is 613. The number of nitrogens with one attached hydrogen (secondary N) is 1. The van der Waals surface area contributed by atoms with E-state index in [4.69, 9.17) is 0 Å². The van der Waals surface area contributed by atoms with E-state index < -0.39 is 11.7 Å². The molecular weight excluding hydrogens is 309 g/mol. The number of alkyl halides is 1. The van der Waals surface area contributed by atoms with Gasteiger partial charge in [0.15, 0.2) is 0 Å². The van der Waals surface area contributed by atoms with Crippen LogP contribution < -0.4 is 5.32 Å². The molecule has 0 fully saturated rings. The number of anilines is 1. The Kier molecular flexibility index (Phi) is 4.32. The molecule has 0 radical (unpaired) electrons.